The molecule has 3 aromatic rings. The molecule has 39 heavy (non-hydrogen) atoms. The largest absolute Gasteiger partial charge is 0.496 e. The molecule has 0 spiro atoms. The molecule has 8 nitrogen and oxygen atoms in total. The second kappa shape index (κ2) is 12.5. The summed E-state index contributed by atoms with van der Waals surface area (Å²) in [5, 5.41) is 21.9. The number of carbonyl (C=O) groups excluding carboxylic acids is 1. The number of carboxylic acids is 1. The lowest BCUT2D eigenvalue weighted by Gasteiger charge is -2.18. The monoisotopic (exact) mass is 552 g/mol. The fourth-order valence-electron chi connectivity index (χ4n) is 4.90. The van der Waals surface area contributed by atoms with Crippen LogP contribution < -0.4 is 14.8 Å². The molecule has 1 aliphatic heterocycles. The number of rotatable bonds is 10. The Morgan fingerprint density at radius 3 is 2.44 bits per heavy atom. The van der Waals surface area contributed by atoms with Crippen LogP contribution in [0.1, 0.15) is 44.7 Å². The quantitative estimate of drug-likeness (QED) is 0.288. The van der Waals surface area contributed by atoms with Crippen molar-refractivity contribution in [3.05, 3.63) is 75.8 Å². The maximum absolute atomic E-state index is 13.3. The van der Waals surface area contributed by atoms with Gasteiger partial charge in [-0.2, -0.15) is 0 Å². The van der Waals surface area contributed by atoms with Gasteiger partial charge in [-0.15, -0.1) is 0 Å². The van der Waals surface area contributed by atoms with Crippen molar-refractivity contribution in [2.24, 2.45) is 0 Å². The first-order valence-electron chi connectivity index (χ1n) is 12.8. The van der Waals surface area contributed by atoms with Crippen molar-refractivity contribution in [1.82, 2.24) is 4.90 Å². The molecule has 3 aromatic carbocycles. The van der Waals surface area contributed by atoms with Crippen molar-refractivity contribution < 1.29 is 29.3 Å². The molecule has 1 amide bonds. The third-order valence-corrected chi connectivity index (χ3v) is 7.36. The standard InChI is InChI=1S/C30H33ClN2O6/c1-18-21(22-8-5-10-27(19(22)2)39-14-6-12-33-13-11-20(34)17-33)7-4-9-23(18)29(35)32-26-16-28(38-3)24(30(36)37)15-25(26)31/h4-5,7-10,15-16,20,34H,6,11-14,17H2,1-3H3,(H,32,35)(H,36,37)/t20-/m1/s1. The van der Waals surface area contributed by atoms with Gasteiger partial charge >= 0.3 is 5.97 Å². The van der Waals surface area contributed by atoms with Gasteiger partial charge in [-0.3, -0.25) is 4.79 Å². The number of β-amino-alcohol motifs (C(OH)–C–C–N with tert-alkyl or cyclic N) is 1. The Labute approximate surface area is 233 Å². The van der Waals surface area contributed by atoms with Gasteiger partial charge in [-0.25, -0.2) is 4.79 Å². The minimum absolute atomic E-state index is 0.0916. The number of nitrogens with one attached hydrogen (secondary N) is 1. The van der Waals surface area contributed by atoms with Crippen LogP contribution in [-0.4, -0.2) is 66.4 Å². The summed E-state index contributed by atoms with van der Waals surface area (Å²) in [6.07, 6.45) is 1.48. The number of carbonyl (C=O) groups is 2. The van der Waals surface area contributed by atoms with E-state index in [1.165, 1.54) is 19.2 Å². The van der Waals surface area contributed by atoms with E-state index in [4.69, 9.17) is 21.1 Å². The summed E-state index contributed by atoms with van der Waals surface area (Å²) in [6, 6.07) is 14.1. The predicted molar refractivity (Wildman–Crippen MR) is 151 cm³/mol. The summed E-state index contributed by atoms with van der Waals surface area (Å²) in [4.78, 5) is 27.0. The number of hydrogen-bond acceptors (Lipinski definition) is 6. The molecule has 1 atom stereocenters. The Balaban J connectivity index is 1.51. The van der Waals surface area contributed by atoms with Gasteiger partial charge in [0.1, 0.15) is 17.1 Å². The highest BCUT2D eigenvalue weighted by molar-refractivity contribution is 6.34. The lowest BCUT2D eigenvalue weighted by molar-refractivity contribution is 0.0693. The Morgan fingerprint density at radius 2 is 1.77 bits per heavy atom. The summed E-state index contributed by atoms with van der Waals surface area (Å²) >= 11 is 6.27. The Kier molecular flexibility index (Phi) is 9.12. The molecule has 0 bridgehead atoms. The fraction of sp³-hybridized carbons (Fsp3) is 0.333. The first-order chi connectivity index (χ1) is 18.7. The second-order valence-electron chi connectivity index (χ2n) is 9.64. The van der Waals surface area contributed by atoms with Crippen LogP contribution in [-0.2, 0) is 0 Å². The van der Waals surface area contributed by atoms with Crippen LogP contribution in [0.15, 0.2) is 48.5 Å². The molecule has 4 rings (SSSR count). The van der Waals surface area contributed by atoms with E-state index in [0.717, 1.165) is 60.5 Å². The van der Waals surface area contributed by atoms with E-state index >= 15 is 0 Å². The molecule has 1 fully saturated rings. The SMILES string of the molecule is COc1cc(NC(=O)c2cccc(-c3cccc(OCCCN4CC[C@@H](O)C4)c3C)c2C)c(Cl)cc1C(=O)O. The first-order valence-corrected chi connectivity index (χ1v) is 13.2. The zero-order valence-corrected chi connectivity index (χ0v) is 23.0. The van der Waals surface area contributed by atoms with Crippen molar-refractivity contribution >= 4 is 29.2 Å². The van der Waals surface area contributed by atoms with Gasteiger partial charge in [-0.05, 0) is 67.1 Å². The van der Waals surface area contributed by atoms with E-state index in [1.807, 2.05) is 44.2 Å². The van der Waals surface area contributed by atoms with Crippen LogP contribution in [0.5, 0.6) is 11.5 Å². The molecule has 0 unspecified atom stereocenters. The average molecular weight is 553 g/mol. The molecule has 1 heterocycles. The van der Waals surface area contributed by atoms with E-state index in [1.54, 1.807) is 6.07 Å². The molecule has 206 valence electrons. The van der Waals surface area contributed by atoms with Crippen LogP contribution in [0.4, 0.5) is 5.69 Å². The molecule has 1 saturated heterocycles. The van der Waals surface area contributed by atoms with Crippen LogP contribution in [0.25, 0.3) is 11.1 Å². The van der Waals surface area contributed by atoms with E-state index in [-0.39, 0.29) is 34.0 Å². The second-order valence-corrected chi connectivity index (χ2v) is 10.1. The van der Waals surface area contributed by atoms with Crippen molar-refractivity contribution in [3.63, 3.8) is 0 Å². The number of ether oxygens (including phenoxy) is 2. The number of benzene rings is 3. The maximum atomic E-state index is 13.3. The van der Waals surface area contributed by atoms with Gasteiger partial charge in [0.2, 0.25) is 0 Å². The van der Waals surface area contributed by atoms with Gasteiger partial charge in [-0.1, -0.05) is 35.9 Å². The zero-order chi connectivity index (χ0) is 28.1. The number of nitrogens with zero attached hydrogens (tertiary/aromatic N) is 1. The number of carboxylic acid groups (broad SMARTS) is 1. The topological polar surface area (TPSA) is 108 Å². The minimum Gasteiger partial charge on any atom is -0.496 e. The van der Waals surface area contributed by atoms with Gasteiger partial charge in [0.05, 0.1) is 30.5 Å². The lowest BCUT2D eigenvalue weighted by Crippen LogP contribution is -2.24. The van der Waals surface area contributed by atoms with Gasteiger partial charge < -0.3 is 29.9 Å². The van der Waals surface area contributed by atoms with Crippen molar-refractivity contribution in [2.75, 3.05) is 38.7 Å². The minimum atomic E-state index is -1.18. The van der Waals surface area contributed by atoms with Crippen molar-refractivity contribution in [1.29, 1.82) is 0 Å². The zero-order valence-electron chi connectivity index (χ0n) is 22.3. The number of likely N-dealkylation sites (tertiary alicyclic amines) is 1. The number of amides is 1. The molecule has 9 heteroatoms. The van der Waals surface area contributed by atoms with E-state index in [0.29, 0.717) is 12.2 Å². The van der Waals surface area contributed by atoms with Gasteiger partial charge in [0.15, 0.2) is 0 Å². The van der Waals surface area contributed by atoms with E-state index in [9.17, 15) is 19.8 Å². The summed E-state index contributed by atoms with van der Waals surface area (Å²) in [7, 11) is 1.36. The lowest BCUT2D eigenvalue weighted by atomic mass is 9.93. The van der Waals surface area contributed by atoms with Crippen LogP contribution >= 0.6 is 11.6 Å². The molecule has 0 saturated carbocycles. The summed E-state index contributed by atoms with van der Waals surface area (Å²) in [5.74, 6) is -0.666. The number of anilines is 1. The molecule has 1 aliphatic rings. The van der Waals surface area contributed by atoms with Crippen LogP contribution in [0.2, 0.25) is 5.02 Å². The summed E-state index contributed by atoms with van der Waals surface area (Å²) in [5.41, 5.74) is 4.26. The highest BCUT2D eigenvalue weighted by Gasteiger charge is 2.21. The third kappa shape index (κ3) is 6.53. The summed E-state index contributed by atoms with van der Waals surface area (Å²) < 4.78 is 11.3. The van der Waals surface area contributed by atoms with Gasteiger partial charge in [0, 0.05) is 31.3 Å². The first kappa shape index (κ1) is 28.4. The van der Waals surface area contributed by atoms with E-state index in [2.05, 4.69) is 10.2 Å². The maximum Gasteiger partial charge on any atom is 0.339 e. The Hall–Kier alpha value is -3.59. The molecule has 3 N–H and O–H groups in total. The molecular weight excluding hydrogens is 520 g/mol. The number of methoxy groups -OCH3 is 1. The van der Waals surface area contributed by atoms with Gasteiger partial charge in [0.25, 0.3) is 5.91 Å². The highest BCUT2D eigenvalue weighted by atomic mass is 35.5. The number of hydrogen-bond donors (Lipinski definition) is 3. The van der Waals surface area contributed by atoms with Crippen LogP contribution in [0.3, 0.4) is 0 Å². The number of aliphatic hydroxyl groups is 1. The van der Waals surface area contributed by atoms with E-state index < -0.39 is 5.97 Å². The number of aliphatic hydroxyl groups excluding tert-OH is 1. The average Bonchev–Trinajstić information content (AvgIpc) is 3.33. The highest BCUT2D eigenvalue weighted by Crippen LogP contribution is 2.35. The molecule has 0 radical (unpaired) electrons. The number of halogens is 1. The number of aromatic carboxylic acids is 1. The fourth-order valence-corrected chi connectivity index (χ4v) is 5.11. The van der Waals surface area contributed by atoms with Crippen LogP contribution in [0, 0.1) is 13.8 Å². The predicted octanol–water partition coefficient (Wildman–Crippen LogP) is 5.42. The third-order valence-electron chi connectivity index (χ3n) is 7.04. The molecule has 0 aromatic heterocycles. The molecular formula is C30H33ClN2O6. The normalized spacial score (nSPS) is 15.3. The van der Waals surface area contributed by atoms with Crippen molar-refractivity contribution in [2.45, 2.75) is 32.8 Å². The van der Waals surface area contributed by atoms with Crippen molar-refractivity contribution in [3.8, 4) is 22.6 Å². The Bertz CT molecular complexity index is 1380. The molecule has 0 aliphatic carbocycles. The Morgan fingerprint density at radius 1 is 1.05 bits per heavy atom. The smallest absolute Gasteiger partial charge is 0.339 e. The summed E-state index contributed by atoms with van der Waals surface area (Å²) in [6.45, 7) is 7.00.